The number of benzene rings is 3. The average Bonchev–Trinajstić information content (AvgIpc) is 3.34. The van der Waals surface area contributed by atoms with Gasteiger partial charge >= 0.3 is 0 Å². The van der Waals surface area contributed by atoms with Crippen LogP contribution in [0.15, 0.2) is 94.9 Å². The van der Waals surface area contributed by atoms with Gasteiger partial charge < -0.3 is 5.32 Å². The summed E-state index contributed by atoms with van der Waals surface area (Å²) in [6.45, 7) is 4.88. The Balaban J connectivity index is 1.43. The topological polar surface area (TPSA) is 81.3 Å². The van der Waals surface area contributed by atoms with Crippen LogP contribution < -0.4 is 10.9 Å². The van der Waals surface area contributed by atoms with Crippen molar-refractivity contribution < 1.29 is 4.79 Å². The Labute approximate surface area is 213 Å². The van der Waals surface area contributed by atoms with E-state index in [4.69, 9.17) is 0 Å². The number of thioether (sulfide) groups is 1. The SMILES string of the molecule is CC(Sc1nnc2n(Cc3ccccc3)c(=O)c3ccccc3n12)C(=O)NCC(C)c1ccccc1. The number of carbonyl (C=O) groups is 1. The van der Waals surface area contributed by atoms with E-state index in [1.54, 1.807) is 4.57 Å². The first-order chi connectivity index (χ1) is 17.5. The van der Waals surface area contributed by atoms with Crippen LogP contribution in [0.1, 0.15) is 30.9 Å². The van der Waals surface area contributed by atoms with Crippen molar-refractivity contribution in [1.29, 1.82) is 0 Å². The molecule has 0 bridgehead atoms. The summed E-state index contributed by atoms with van der Waals surface area (Å²) in [6.07, 6.45) is 0. The highest BCUT2D eigenvalue weighted by Crippen LogP contribution is 2.25. The fraction of sp³-hybridized carbons (Fsp3) is 0.214. The van der Waals surface area contributed by atoms with Crippen LogP contribution in [0.25, 0.3) is 16.7 Å². The summed E-state index contributed by atoms with van der Waals surface area (Å²) in [4.78, 5) is 26.3. The van der Waals surface area contributed by atoms with Crippen molar-refractivity contribution >= 4 is 34.3 Å². The van der Waals surface area contributed by atoms with Gasteiger partial charge in [-0.3, -0.25) is 18.6 Å². The molecular weight excluding hydrogens is 470 g/mol. The van der Waals surface area contributed by atoms with Crippen LogP contribution >= 0.6 is 11.8 Å². The number of aromatic nitrogens is 4. The fourth-order valence-electron chi connectivity index (χ4n) is 4.23. The molecule has 0 radical (unpaired) electrons. The molecule has 0 saturated heterocycles. The number of nitrogens with one attached hydrogen (secondary N) is 1. The highest BCUT2D eigenvalue weighted by Gasteiger charge is 2.22. The Morgan fingerprint density at radius 1 is 0.917 bits per heavy atom. The third-order valence-corrected chi connectivity index (χ3v) is 7.31. The van der Waals surface area contributed by atoms with E-state index in [0.717, 1.165) is 11.1 Å². The molecule has 2 heterocycles. The van der Waals surface area contributed by atoms with E-state index in [9.17, 15) is 9.59 Å². The van der Waals surface area contributed by atoms with Gasteiger partial charge in [0.2, 0.25) is 11.7 Å². The number of hydrogen-bond donors (Lipinski definition) is 1. The van der Waals surface area contributed by atoms with Crippen molar-refractivity contribution in [3.63, 3.8) is 0 Å². The summed E-state index contributed by atoms with van der Waals surface area (Å²) in [5.74, 6) is 0.592. The molecule has 5 rings (SSSR count). The Bertz CT molecular complexity index is 1560. The van der Waals surface area contributed by atoms with Crippen LogP contribution in [-0.4, -0.2) is 36.9 Å². The van der Waals surface area contributed by atoms with Gasteiger partial charge in [0.25, 0.3) is 5.56 Å². The normalized spacial score (nSPS) is 13.1. The Morgan fingerprint density at radius 2 is 1.58 bits per heavy atom. The average molecular weight is 498 g/mol. The predicted molar refractivity (Wildman–Crippen MR) is 143 cm³/mol. The maximum Gasteiger partial charge on any atom is 0.263 e. The van der Waals surface area contributed by atoms with E-state index in [-0.39, 0.29) is 17.4 Å². The van der Waals surface area contributed by atoms with Crippen molar-refractivity contribution in [2.24, 2.45) is 0 Å². The molecule has 3 aromatic carbocycles. The van der Waals surface area contributed by atoms with E-state index >= 15 is 0 Å². The molecule has 2 unspecified atom stereocenters. The third-order valence-electron chi connectivity index (χ3n) is 6.26. The van der Waals surface area contributed by atoms with E-state index in [2.05, 4.69) is 34.6 Å². The lowest BCUT2D eigenvalue weighted by molar-refractivity contribution is -0.120. The molecule has 0 aliphatic carbocycles. The number of fused-ring (bicyclic) bond motifs is 3. The smallest absolute Gasteiger partial charge is 0.263 e. The van der Waals surface area contributed by atoms with Crippen molar-refractivity contribution in [2.75, 3.05) is 6.54 Å². The number of nitrogens with zero attached hydrogens (tertiary/aromatic N) is 4. The molecule has 2 aromatic heterocycles. The molecule has 182 valence electrons. The van der Waals surface area contributed by atoms with Gasteiger partial charge in [-0.25, -0.2) is 0 Å². The lowest BCUT2D eigenvalue weighted by Crippen LogP contribution is -2.33. The molecule has 0 aliphatic rings. The Hall–Kier alpha value is -3.91. The van der Waals surface area contributed by atoms with Gasteiger partial charge in [-0.05, 0) is 36.1 Å². The summed E-state index contributed by atoms with van der Waals surface area (Å²) in [5, 5.41) is 12.6. The van der Waals surface area contributed by atoms with Crippen molar-refractivity contribution in [3.8, 4) is 0 Å². The summed E-state index contributed by atoms with van der Waals surface area (Å²) >= 11 is 1.33. The summed E-state index contributed by atoms with van der Waals surface area (Å²) in [5.41, 5.74) is 2.78. The molecule has 7 nitrogen and oxygen atoms in total. The second-order valence-electron chi connectivity index (χ2n) is 8.83. The largest absolute Gasteiger partial charge is 0.355 e. The second-order valence-corrected chi connectivity index (χ2v) is 10.1. The zero-order chi connectivity index (χ0) is 25.1. The first-order valence-electron chi connectivity index (χ1n) is 11.9. The predicted octanol–water partition coefficient (Wildman–Crippen LogP) is 4.49. The highest BCUT2D eigenvalue weighted by atomic mass is 32.2. The minimum absolute atomic E-state index is 0.0681. The van der Waals surface area contributed by atoms with E-state index in [0.29, 0.717) is 29.4 Å². The van der Waals surface area contributed by atoms with Gasteiger partial charge in [-0.1, -0.05) is 91.5 Å². The lowest BCUT2D eigenvalue weighted by Gasteiger charge is -2.16. The van der Waals surface area contributed by atoms with Gasteiger partial charge in [0.15, 0.2) is 5.16 Å². The highest BCUT2D eigenvalue weighted by molar-refractivity contribution is 8.00. The molecular formula is C28H27N5O2S. The maximum absolute atomic E-state index is 13.4. The maximum atomic E-state index is 13.4. The molecule has 1 amide bonds. The third kappa shape index (κ3) is 4.77. The van der Waals surface area contributed by atoms with Crippen LogP contribution in [0.4, 0.5) is 0 Å². The van der Waals surface area contributed by atoms with Crippen LogP contribution in [0.2, 0.25) is 0 Å². The molecule has 8 heteroatoms. The first-order valence-corrected chi connectivity index (χ1v) is 12.8. The van der Waals surface area contributed by atoms with Crippen molar-refractivity contribution in [3.05, 3.63) is 106 Å². The molecule has 0 saturated carbocycles. The minimum Gasteiger partial charge on any atom is -0.355 e. The Kier molecular flexibility index (Phi) is 6.86. The number of amides is 1. The molecule has 5 aromatic rings. The zero-order valence-corrected chi connectivity index (χ0v) is 21.0. The Morgan fingerprint density at radius 3 is 2.33 bits per heavy atom. The van der Waals surface area contributed by atoms with Crippen LogP contribution in [0, 0.1) is 0 Å². The van der Waals surface area contributed by atoms with Gasteiger partial charge in [0.1, 0.15) is 0 Å². The first kappa shape index (κ1) is 23.8. The van der Waals surface area contributed by atoms with Gasteiger partial charge in [0.05, 0.1) is 22.7 Å². The molecule has 1 N–H and O–H groups in total. The van der Waals surface area contributed by atoms with Crippen LogP contribution in [-0.2, 0) is 11.3 Å². The molecule has 2 atom stereocenters. The van der Waals surface area contributed by atoms with E-state index in [1.807, 2.05) is 84.1 Å². The quantitative estimate of drug-likeness (QED) is 0.320. The molecule has 0 aliphatic heterocycles. The van der Waals surface area contributed by atoms with Gasteiger partial charge in [0, 0.05) is 6.54 Å². The summed E-state index contributed by atoms with van der Waals surface area (Å²) < 4.78 is 3.52. The van der Waals surface area contributed by atoms with E-state index < -0.39 is 5.25 Å². The molecule has 0 spiro atoms. The van der Waals surface area contributed by atoms with Crippen molar-refractivity contribution in [2.45, 2.75) is 36.7 Å². The lowest BCUT2D eigenvalue weighted by atomic mass is 10.0. The summed E-state index contributed by atoms with van der Waals surface area (Å²) in [6, 6.07) is 27.4. The van der Waals surface area contributed by atoms with Crippen molar-refractivity contribution in [1.82, 2.24) is 24.5 Å². The monoisotopic (exact) mass is 497 g/mol. The van der Waals surface area contributed by atoms with Gasteiger partial charge in [-0.2, -0.15) is 0 Å². The number of para-hydroxylation sites is 1. The fourth-order valence-corrected chi connectivity index (χ4v) is 5.11. The van der Waals surface area contributed by atoms with E-state index in [1.165, 1.54) is 17.3 Å². The number of rotatable bonds is 8. The van der Waals surface area contributed by atoms with Crippen LogP contribution in [0.3, 0.4) is 0 Å². The van der Waals surface area contributed by atoms with Crippen LogP contribution in [0.5, 0.6) is 0 Å². The zero-order valence-electron chi connectivity index (χ0n) is 20.2. The van der Waals surface area contributed by atoms with Gasteiger partial charge in [-0.15, -0.1) is 10.2 Å². The number of hydrogen-bond acceptors (Lipinski definition) is 5. The second kappa shape index (κ2) is 10.4. The molecule has 36 heavy (non-hydrogen) atoms. The summed E-state index contributed by atoms with van der Waals surface area (Å²) in [7, 11) is 0. The standard InChI is InChI=1S/C28H27N5O2S/c1-19(22-13-7-4-8-14-22)17-29-25(34)20(2)36-28-31-30-27-32(18-21-11-5-3-6-12-21)26(35)23-15-9-10-16-24(23)33(27)28/h3-16,19-20H,17-18H2,1-2H3,(H,29,34). The molecule has 0 fully saturated rings. The minimum atomic E-state index is -0.395. The number of carbonyl (C=O) groups excluding carboxylic acids is 1.